The molecule has 1 rings (SSSR count). The molecule has 3 nitrogen and oxygen atoms in total. The highest BCUT2D eigenvalue weighted by atomic mass is 32.2. The van der Waals surface area contributed by atoms with E-state index in [1.54, 1.807) is 0 Å². The van der Waals surface area contributed by atoms with Gasteiger partial charge in [0.2, 0.25) is 5.91 Å². The largest absolute Gasteiger partial charge is 0.369 e. The number of nitrogens with one attached hydrogen (secondary N) is 1. The summed E-state index contributed by atoms with van der Waals surface area (Å²) >= 11 is 1.47. The normalized spacial score (nSPS) is 11.5. The monoisotopic (exact) mass is 252 g/mol. The van der Waals surface area contributed by atoms with Crippen molar-refractivity contribution in [1.29, 1.82) is 0 Å². The number of hydrogen-bond acceptors (Lipinski definition) is 3. The van der Waals surface area contributed by atoms with Crippen molar-refractivity contribution < 1.29 is 4.79 Å². The number of primary amides is 1. The standard InChI is InChI=1S/C13H20N2OS/c1-13(2,3)15-8-10-5-4-6-11(7-10)17-9-12(14)16/h4-7,15H,8-9H2,1-3H3,(H2,14,16). The predicted octanol–water partition coefficient (Wildman–Crippen LogP) is 2.15. The molecule has 0 fully saturated rings. The number of amides is 1. The van der Waals surface area contributed by atoms with Gasteiger partial charge in [-0.1, -0.05) is 12.1 Å². The molecule has 0 saturated heterocycles. The Morgan fingerprint density at radius 2 is 2.12 bits per heavy atom. The third-order valence-electron chi connectivity index (χ3n) is 2.10. The molecule has 0 unspecified atom stereocenters. The summed E-state index contributed by atoms with van der Waals surface area (Å²) < 4.78 is 0. The summed E-state index contributed by atoms with van der Waals surface area (Å²) in [5, 5.41) is 3.43. The molecule has 0 aliphatic heterocycles. The van der Waals surface area contributed by atoms with Crippen molar-refractivity contribution in [2.24, 2.45) is 5.73 Å². The van der Waals surface area contributed by atoms with Crippen molar-refractivity contribution in [1.82, 2.24) is 5.32 Å². The second kappa shape index (κ2) is 6.07. The lowest BCUT2D eigenvalue weighted by Gasteiger charge is -2.20. The predicted molar refractivity (Wildman–Crippen MR) is 73.0 cm³/mol. The van der Waals surface area contributed by atoms with Crippen LogP contribution in [0.2, 0.25) is 0 Å². The summed E-state index contributed by atoms with van der Waals surface area (Å²) in [6, 6.07) is 8.16. The van der Waals surface area contributed by atoms with Crippen LogP contribution >= 0.6 is 11.8 Å². The average molecular weight is 252 g/mol. The third kappa shape index (κ3) is 6.34. The maximum Gasteiger partial charge on any atom is 0.227 e. The molecule has 94 valence electrons. The first kappa shape index (κ1) is 14.1. The minimum absolute atomic E-state index is 0.108. The van der Waals surface area contributed by atoms with E-state index in [-0.39, 0.29) is 11.4 Å². The van der Waals surface area contributed by atoms with Crippen molar-refractivity contribution >= 4 is 17.7 Å². The first-order valence-corrected chi connectivity index (χ1v) is 6.60. The van der Waals surface area contributed by atoms with Crippen molar-refractivity contribution in [2.45, 2.75) is 37.8 Å². The minimum atomic E-state index is -0.284. The molecule has 0 heterocycles. The van der Waals surface area contributed by atoms with Crippen molar-refractivity contribution in [3.8, 4) is 0 Å². The molecule has 0 aliphatic rings. The maximum absolute atomic E-state index is 10.7. The fourth-order valence-corrected chi connectivity index (χ4v) is 1.99. The first-order chi connectivity index (χ1) is 7.87. The van der Waals surface area contributed by atoms with Crippen LogP contribution in [-0.2, 0) is 11.3 Å². The molecule has 0 radical (unpaired) electrons. The van der Waals surface area contributed by atoms with Crippen molar-refractivity contribution in [2.75, 3.05) is 5.75 Å². The minimum Gasteiger partial charge on any atom is -0.369 e. The Morgan fingerprint density at radius 3 is 2.71 bits per heavy atom. The van der Waals surface area contributed by atoms with Crippen LogP contribution in [0.1, 0.15) is 26.3 Å². The Kier molecular flexibility index (Phi) is 5.02. The van der Waals surface area contributed by atoms with Gasteiger partial charge in [-0.2, -0.15) is 0 Å². The van der Waals surface area contributed by atoms with Crippen LogP contribution in [0.25, 0.3) is 0 Å². The van der Waals surface area contributed by atoms with Crippen LogP contribution < -0.4 is 11.1 Å². The molecule has 1 aromatic rings. The van der Waals surface area contributed by atoms with E-state index in [1.165, 1.54) is 17.3 Å². The Morgan fingerprint density at radius 1 is 1.41 bits per heavy atom. The topological polar surface area (TPSA) is 55.1 Å². The molecule has 0 saturated carbocycles. The van der Waals surface area contributed by atoms with Gasteiger partial charge < -0.3 is 11.1 Å². The molecule has 17 heavy (non-hydrogen) atoms. The maximum atomic E-state index is 10.7. The molecule has 0 atom stereocenters. The lowest BCUT2D eigenvalue weighted by Crippen LogP contribution is -2.35. The van der Waals surface area contributed by atoms with Gasteiger partial charge in [0, 0.05) is 17.0 Å². The summed E-state index contributed by atoms with van der Waals surface area (Å²) in [6.07, 6.45) is 0. The number of carbonyl (C=O) groups excluding carboxylic acids is 1. The number of nitrogens with two attached hydrogens (primary N) is 1. The van der Waals surface area contributed by atoms with E-state index >= 15 is 0 Å². The van der Waals surface area contributed by atoms with Gasteiger partial charge in [0.15, 0.2) is 0 Å². The van der Waals surface area contributed by atoms with Gasteiger partial charge in [-0.05, 0) is 38.5 Å². The van der Waals surface area contributed by atoms with E-state index in [9.17, 15) is 4.79 Å². The van der Waals surface area contributed by atoms with Crippen LogP contribution in [0.4, 0.5) is 0 Å². The summed E-state index contributed by atoms with van der Waals surface area (Å²) in [5.74, 6) is 0.0455. The highest BCUT2D eigenvalue weighted by Gasteiger charge is 2.08. The zero-order valence-corrected chi connectivity index (χ0v) is 11.4. The third-order valence-corrected chi connectivity index (χ3v) is 3.12. The van der Waals surface area contributed by atoms with Gasteiger partial charge in [0.25, 0.3) is 0 Å². The van der Waals surface area contributed by atoms with Gasteiger partial charge in [-0.15, -0.1) is 11.8 Å². The quantitative estimate of drug-likeness (QED) is 0.790. The van der Waals surface area contributed by atoms with Crippen molar-refractivity contribution in [3.63, 3.8) is 0 Å². The number of carbonyl (C=O) groups is 1. The second-order valence-corrected chi connectivity index (χ2v) is 6.05. The van der Waals surface area contributed by atoms with Gasteiger partial charge in [-0.25, -0.2) is 0 Å². The Bertz CT molecular complexity index is 385. The van der Waals surface area contributed by atoms with Crippen LogP contribution in [0.5, 0.6) is 0 Å². The molecular weight excluding hydrogens is 232 g/mol. The molecule has 0 aromatic heterocycles. The van der Waals surface area contributed by atoms with E-state index in [2.05, 4.69) is 38.2 Å². The van der Waals surface area contributed by atoms with Crippen LogP contribution in [-0.4, -0.2) is 17.2 Å². The number of rotatable bonds is 5. The molecule has 1 aromatic carbocycles. The number of benzene rings is 1. The zero-order chi connectivity index (χ0) is 12.9. The highest BCUT2D eigenvalue weighted by molar-refractivity contribution is 8.00. The van der Waals surface area contributed by atoms with Crippen LogP contribution in [0.3, 0.4) is 0 Å². The second-order valence-electron chi connectivity index (χ2n) is 5.01. The molecular formula is C13H20N2OS. The molecule has 1 amide bonds. The average Bonchev–Trinajstić information content (AvgIpc) is 2.23. The molecule has 4 heteroatoms. The van der Waals surface area contributed by atoms with Crippen LogP contribution in [0.15, 0.2) is 29.2 Å². The Balaban J connectivity index is 2.56. The zero-order valence-electron chi connectivity index (χ0n) is 10.6. The van der Waals surface area contributed by atoms with E-state index < -0.39 is 0 Å². The molecule has 0 aliphatic carbocycles. The van der Waals surface area contributed by atoms with Gasteiger partial charge >= 0.3 is 0 Å². The van der Waals surface area contributed by atoms with Crippen LogP contribution in [0, 0.1) is 0 Å². The lowest BCUT2D eigenvalue weighted by atomic mass is 10.1. The van der Waals surface area contributed by atoms with Crippen molar-refractivity contribution in [3.05, 3.63) is 29.8 Å². The SMILES string of the molecule is CC(C)(C)NCc1cccc(SCC(N)=O)c1. The Labute approximate surface area is 107 Å². The van der Waals surface area contributed by atoms with Gasteiger partial charge in [0.05, 0.1) is 5.75 Å². The van der Waals surface area contributed by atoms with E-state index in [1.807, 2.05) is 12.1 Å². The molecule has 3 N–H and O–H groups in total. The summed E-state index contributed by atoms with van der Waals surface area (Å²) in [5.41, 5.74) is 6.45. The van der Waals surface area contributed by atoms with Gasteiger partial charge in [0.1, 0.15) is 0 Å². The highest BCUT2D eigenvalue weighted by Crippen LogP contribution is 2.19. The molecule has 0 bridgehead atoms. The fourth-order valence-electron chi connectivity index (χ4n) is 1.27. The van der Waals surface area contributed by atoms with E-state index in [0.29, 0.717) is 5.75 Å². The molecule has 0 spiro atoms. The summed E-state index contributed by atoms with van der Waals surface area (Å²) in [6.45, 7) is 7.24. The first-order valence-electron chi connectivity index (χ1n) is 5.62. The van der Waals surface area contributed by atoms with Gasteiger partial charge in [-0.3, -0.25) is 4.79 Å². The number of hydrogen-bond donors (Lipinski definition) is 2. The lowest BCUT2D eigenvalue weighted by molar-refractivity contribution is -0.115. The smallest absolute Gasteiger partial charge is 0.227 e. The number of thioether (sulfide) groups is 1. The Hall–Kier alpha value is -1.00. The van der Waals surface area contributed by atoms with E-state index in [0.717, 1.165) is 11.4 Å². The summed E-state index contributed by atoms with van der Waals surface area (Å²) in [4.78, 5) is 11.8. The summed E-state index contributed by atoms with van der Waals surface area (Å²) in [7, 11) is 0. The van der Waals surface area contributed by atoms with E-state index in [4.69, 9.17) is 5.73 Å². The fraction of sp³-hybridized carbons (Fsp3) is 0.462.